The molecule has 18 heavy (non-hydrogen) atoms. The van der Waals surface area contributed by atoms with Gasteiger partial charge < -0.3 is 10.2 Å². The van der Waals surface area contributed by atoms with Crippen molar-refractivity contribution in [2.24, 2.45) is 0 Å². The molecule has 0 bridgehead atoms. The smallest absolute Gasteiger partial charge is 0.0451 e. The molecule has 2 rings (SSSR count). The van der Waals surface area contributed by atoms with Gasteiger partial charge >= 0.3 is 0 Å². The maximum Gasteiger partial charge on any atom is 0.0451 e. The van der Waals surface area contributed by atoms with Crippen LogP contribution >= 0.6 is 11.6 Å². The highest BCUT2D eigenvalue weighted by atomic mass is 35.5. The van der Waals surface area contributed by atoms with E-state index in [1.807, 2.05) is 12.1 Å². The number of nitrogens with one attached hydrogen (secondary N) is 1. The highest BCUT2D eigenvalue weighted by Gasteiger charge is 2.32. The molecule has 1 aromatic rings. The van der Waals surface area contributed by atoms with Gasteiger partial charge in [0.05, 0.1) is 0 Å². The molecule has 1 aliphatic rings. The fourth-order valence-electron chi connectivity index (χ4n) is 2.91. The number of halogens is 1. The average molecular weight is 267 g/mol. The number of rotatable bonds is 5. The van der Waals surface area contributed by atoms with Gasteiger partial charge in [0.1, 0.15) is 0 Å². The predicted octanol–water partition coefficient (Wildman–Crippen LogP) is 3.30. The minimum atomic E-state index is 0.315. The van der Waals surface area contributed by atoms with Crippen molar-refractivity contribution in [2.45, 2.75) is 38.3 Å². The van der Waals surface area contributed by atoms with E-state index >= 15 is 0 Å². The van der Waals surface area contributed by atoms with Crippen LogP contribution in [-0.2, 0) is 6.54 Å². The fraction of sp³-hybridized carbons (Fsp3) is 0.600. The van der Waals surface area contributed by atoms with Gasteiger partial charge in [0.25, 0.3) is 0 Å². The van der Waals surface area contributed by atoms with E-state index < -0.39 is 0 Å². The Morgan fingerprint density at radius 2 is 2.17 bits per heavy atom. The van der Waals surface area contributed by atoms with Crippen molar-refractivity contribution in [3.63, 3.8) is 0 Å². The molecule has 0 saturated carbocycles. The molecule has 1 unspecified atom stereocenters. The SMILES string of the molecule is CCC1(CN(C)Cc2ccccc2Cl)CCCN1. The number of nitrogens with zero attached hydrogens (tertiary/aromatic N) is 1. The largest absolute Gasteiger partial charge is 0.310 e. The zero-order valence-corrected chi connectivity index (χ0v) is 12.1. The van der Waals surface area contributed by atoms with Crippen molar-refractivity contribution in [2.75, 3.05) is 20.1 Å². The first-order valence-electron chi connectivity index (χ1n) is 6.82. The minimum Gasteiger partial charge on any atom is -0.310 e. The standard InChI is InChI=1S/C15H23ClN2/c1-3-15(9-6-10-17-15)12-18(2)11-13-7-4-5-8-14(13)16/h4-5,7-8,17H,3,6,9-12H2,1-2H3. The first kappa shape index (κ1) is 13.9. The van der Waals surface area contributed by atoms with E-state index in [0.29, 0.717) is 5.54 Å². The van der Waals surface area contributed by atoms with Gasteiger partial charge in [-0.15, -0.1) is 0 Å². The van der Waals surface area contributed by atoms with E-state index in [1.54, 1.807) is 0 Å². The summed E-state index contributed by atoms with van der Waals surface area (Å²) in [6, 6.07) is 8.12. The first-order valence-corrected chi connectivity index (χ1v) is 7.20. The van der Waals surface area contributed by atoms with Gasteiger partial charge in [-0.2, -0.15) is 0 Å². The van der Waals surface area contributed by atoms with Gasteiger partial charge in [0, 0.05) is 23.7 Å². The summed E-state index contributed by atoms with van der Waals surface area (Å²) in [5.41, 5.74) is 1.53. The molecule has 0 radical (unpaired) electrons. The monoisotopic (exact) mass is 266 g/mol. The normalized spacial score (nSPS) is 23.8. The highest BCUT2D eigenvalue weighted by Crippen LogP contribution is 2.25. The molecule has 100 valence electrons. The van der Waals surface area contributed by atoms with Crippen molar-refractivity contribution in [3.05, 3.63) is 34.9 Å². The maximum absolute atomic E-state index is 6.21. The van der Waals surface area contributed by atoms with Gasteiger partial charge in [-0.3, -0.25) is 0 Å². The van der Waals surface area contributed by atoms with Gasteiger partial charge in [-0.25, -0.2) is 0 Å². The van der Waals surface area contributed by atoms with Crippen molar-refractivity contribution in [3.8, 4) is 0 Å². The van der Waals surface area contributed by atoms with Crippen molar-refractivity contribution < 1.29 is 0 Å². The van der Waals surface area contributed by atoms with Gasteiger partial charge in [0.15, 0.2) is 0 Å². The molecular weight excluding hydrogens is 244 g/mol. The molecule has 1 heterocycles. The lowest BCUT2D eigenvalue weighted by Gasteiger charge is -2.33. The van der Waals surface area contributed by atoms with E-state index in [1.165, 1.54) is 24.8 Å². The number of benzene rings is 1. The Kier molecular flexibility index (Phi) is 4.66. The Balaban J connectivity index is 1.96. The molecule has 0 aromatic heterocycles. The molecular formula is C15H23ClN2. The zero-order chi connectivity index (χ0) is 13.0. The molecule has 1 aliphatic heterocycles. The molecule has 1 fully saturated rings. The second-order valence-electron chi connectivity index (χ2n) is 5.43. The molecule has 0 aliphatic carbocycles. The summed E-state index contributed by atoms with van der Waals surface area (Å²) in [7, 11) is 2.18. The Morgan fingerprint density at radius 3 is 2.78 bits per heavy atom. The minimum absolute atomic E-state index is 0.315. The Morgan fingerprint density at radius 1 is 1.39 bits per heavy atom. The predicted molar refractivity (Wildman–Crippen MR) is 78.0 cm³/mol. The maximum atomic E-state index is 6.21. The van der Waals surface area contributed by atoms with Crippen LogP contribution in [0.3, 0.4) is 0 Å². The van der Waals surface area contributed by atoms with Crippen LogP contribution in [0, 0.1) is 0 Å². The van der Waals surface area contributed by atoms with Crippen LogP contribution in [-0.4, -0.2) is 30.6 Å². The summed E-state index contributed by atoms with van der Waals surface area (Å²) in [5.74, 6) is 0. The summed E-state index contributed by atoms with van der Waals surface area (Å²) < 4.78 is 0. The lowest BCUT2D eigenvalue weighted by atomic mass is 9.93. The second kappa shape index (κ2) is 6.05. The molecule has 1 aromatic carbocycles. The van der Waals surface area contributed by atoms with Gasteiger partial charge in [-0.05, 0) is 44.5 Å². The lowest BCUT2D eigenvalue weighted by molar-refractivity contribution is 0.214. The van der Waals surface area contributed by atoms with Crippen molar-refractivity contribution in [1.29, 1.82) is 0 Å². The van der Waals surface area contributed by atoms with Crippen LogP contribution in [0.5, 0.6) is 0 Å². The quantitative estimate of drug-likeness (QED) is 0.880. The Hall–Kier alpha value is -0.570. The summed E-state index contributed by atoms with van der Waals surface area (Å²) in [4.78, 5) is 2.38. The van der Waals surface area contributed by atoms with Crippen LogP contribution < -0.4 is 5.32 Å². The molecule has 1 N–H and O–H groups in total. The van der Waals surface area contributed by atoms with Crippen LogP contribution in [0.4, 0.5) is 0 Å². The molecule has 2 nitrogen and oxygen atoms in total. The summed E-state index contributed by atoms with van der Waals surface area (Å²) >= 11 is 6.21. The third kappa shape index (κ3) is 3.25. The fourth-order valence-corrected chi connectivity index (χ4v) is 3.10. The van der Waals surface area contributed by atoms with Gasteiger partial charge in [-0.1, -0.05) is 36.7 Å². The number of likely N-dealkylation sites (N-methyl/N-ethyl adjacent to an activating group) is 1. The Labute approximate surface area is 115 Å². The third-order valence-electron chi connectivity index (χ3n) is 3.98. The lowest BCUT2D eigenvalue weighted by Crippen LogP contribution is -2.48. The number of hydrogen-bond donors (Lipinski definition) is 1. The average Bonchev–Trinajstić information content (AvgIpc) is 2.81. The van der Waals surface area contributed by atoms with Gasteiger partial charge in [0.2, 0.25) is 0 Å². The van der Waals surface area contributed by atoms with E-state index in [0.717, 1.165) is 24.7 Å². The topological polar surface area (TPSA) is 15.3 Å². The van der Waals surface area contributed by atoms with Crippen LogP contribution in [0.15, 0.2) is 24.3 Å². The number of hydrogen-bond acceptors (Lipinski definition) is 2. The molecule has 0 spiro atoms. The van der Waals surface area contributed by atoms with Crippen LogP contribution in [0.1, 0.15) is 31.7 Å². The van der Waals surface area contributed by atoms with Crippen LogP contribution in [0.25, 0.3) is 0 Å². The molecule has 1 saturated heterocycles. The van der Waals surface area contributed by atoms with E-state index in [9.17, 15) is 0 Å². The molecule has 3 heteroatoms. The van der Waals surface area contributed by atoms with Crippen molar-refractivity contribution >= 4 is 11.6 Å². The second-order valence-corrected chi connectivity index (χ2v) is 5.84. The van der Waals surface area contributed by atoms with Crippen molar-refractivity contribution in [1.82, 2.24) is 10.2 Å². The Bertz CT molecular complexity index is 386. The molecule has 0 amide bonds. The van der Waals surface area contributed by atoms with E-state index in [2.05, 4.69) is 36.3 Å². The first-order chi connectivity index (χ1) is 8.65. The summed E-state index contributed by atoms with van der Waals surface area (Å²) in [6.45, 7) is 5.45. The summed E-state index contributed by atoms with van der Waals surface area (Å²) in [5, 5.41) is 4.55. The van der Waals surface area contributed by atoms with E-state index in [4.69, 9.17) is 11.6 Å². The van der Waals surface area contributed by atoms with Crippen LogP contribution in [0.2, 0.25) is 5.02 Å². The molecule has 1 atom stereocenters. The third-order valence-corrected chi connectivity index (χ3v) is 4.35. The zero-order valence-electron chi connectivity index (χ0n) is 11.4. The highest BCUT2D eigenvalue weighted by molar-refractivity contribution is 6.31. The van der Waals surface area contributed by atoms with E-state index in [-0.39, 0.29) is 0 Å². The summed E-state index contributed by atoms with van der Waals surface area (Å²) in [6.07, 6.45) is 3.78.